The Bertz CT molecular complexity index is 769. The van der Waals surface area contributed by atoms with Gasteiger partial charge in [0.1, 0.15) is 5.65 Å². The van der Waals surface area contributed by atoms with Crippen molar-refractivity contribution in [3.8, 4) is 17.0 Å². The number of aromatic amines is 1. The van der Waals surface area contributed by atoms with Gasteiger partial charge in [-0.3, -0.25) is 4.79 Å². The summed E-state index contributed by atoms with van der Waals surface area (Å²) < 4.78 is 1.30. The van der Waals surface area contributed by atoms with Crippen LogP contribution in [0.15, 0.2) is 41.3 Å². The summed E-state index contributed by atoms with van der Waals surface area (Å²) in [6.45, 7) is 2.01. The lowest BCUT2D eigenvalue weighted by molar-refractivity contribution is 0.434. The fourth-order valence-corrected chi connectivity index (χ4v) is 1.92. The molecular formula is C13H11N3O2. The smallest absolute Gasteiger partial charge is 0.254 e. The van der Waals surface area contributed by atoms with Gasteiger partial charge < -0.3 is 10.1 Å². The molecule has 0 amide bonds. The van der Waals surface area contributed by atoms with Crippen molar-refractivity contribution < 1.29 is 5.11 Å². The Kier molecular flexibility index (Phi) is 2.19. The highest BCUT2D eigenvalue weighted by atomic mass is 16.3. The molecule has 0 bridgehead atoms. The normalized spacial score (nSPS) is 10.9. The third-order valence-electron chi connectivity index (χ3n) is 2.85. The third-order valence-corrected chi connectivity index (χ3v) is 2.85. The zero-order valence-corrected chi connectivity index (χ0v) is 9.71. The highest BCUT2D eigenvalue weighted by Crippen LogP contribution is 2.24. The van der Waals surface area contributed by atoms with Crippen LogP contribution in [-0.4, -0.2) is 19.7 Å². The minimum atomic E-state index is -0.353. The molecule has 1 aromatic carbocycles. The molecule has 3 rings (SSSR count). The van der Waals surface area contributed by atoms with Gasteiger partial charge in [-0.1, -0.05) is 29.8 Å². The zero-order valence-electron chi connectivity index (χ0n) is 9.71. The minimum Gasteiger partial charge on any atom is -0.493 e. The van der Waals surface area contributed by atoms with Crippen LogP contribution >= 0.6 is 0 Å². The number of nitrogens with one attached hydrogen (secondary N) is 1. The van der Waals surface area contributed by atoms with E-state index in [0.29, 0.717) is 5.65 Å². The second kappa shape index (κ2) is 3.73. The van der Waals surface area contributed by atoms with E-state index < -0.39 is 0 Å². The number of fused-ring (bicyclic) bond motifs is 1. The first-order valence-corrected chi connectivity index (χ1v) is 5.52. The Morgan fingerprint density at radius 2 is 2.00 bits per heavy atom. The van der Waals surface area contributed by atoms with Crippen LogP contribution in [0.4, 0.5) is 0 Å². The van der Waals surface area contributed by atoms with Crippen LogP contribution in [0, 0.1) is 6.92 Å². The van der Waals surface area contributed by atoms with Crippen molar-refractivity contribution >= 4 is 5.65 Å². The van der Waals surface area contributed by atoms with Crippen LogP contribution in [0.1, 0.15) is 5.56 Å². The second-order valence-corrected chi connectivity index (χ2v) is 4.18. The van der Waals surface area contributed by atoms with Gasteiger partial charge in [-0.15, -0.1) is 0 Å². The first-order chi connectivity index (χ1) is 8.65. The number of rotatable bonds is 1. The summed E-state index contributed by atoms with van der Waals surface area (Å²) in [5.74, 6) is -0.174. The molecule has 0 saturated carbocycles. The molecule has 0 atom stereocenters. The lowest BCUT2D eigenvalue weighted by Crippen LogP contribution is -2.07. The zero-order chi connectivity index (χ0) is 12.7. The van der Waals surface area contributed by atoms with E-state index in [1.165, 1.54) is 4.52 Å². The summed E-state index contributed by atoms with van der Waals surface area (Å²) in [4.78, 5) is 14.1. The van der Waals surface area contributed by atoms with Gasteiger partial charge in [0, 0.05) is 5.56 Å². The molecule has 0 spiro atoms. The maximum absolute atomic E-state index is 11.4. The number of nitrogens with zero attached hydrogens (tertiary/aromatic N) is 2. The number of aromatic hydroxyl groups is 1. The lowest BCUT2D eigenvalue weighted by atomic mass is 10.1. The highest BCUT2D eigenvalue weighted by Gasteiger charge is 2.10. The summed E-state index contributed by atoms with van der Waals surface area (Å²) in [5.41, 5.74) is 3.02. The van der Waals surface area contributed by atoms with Gasteiger partial charge in [-0.2, -0.15) is 9.61 Å². The fourth-order valence-electron chi connectivity index (χ4n) is 1.92. The Morgan fingerprint density at radius 1 is 1.28 bits per heavy atom. The van der Waals surface area contributed by atoms with Gasteiger partial charge in [0.2, 0.25) is 5.88 Å². The molecule has 90 valence electrons. The van der Waals surface area contributed by atoms with Gasteiger partial charge in [0.15, 0.2) is 0 Å². The van der Waals surface area contributed by atoms with Gasteiger partial charge in [-0.25, -0.2) is 0 Å². The van der Waals surface area contributed by atoms with Crippen molar-refractivity contribution in [2.45, 2.75) is 6.92 Å². The summed E-state index contributed by atoms with van der Waals surface area (Å²) in [5, 5.41) is 13.7. The summed E-state index contributed by atoms with van der Waals surface area (Å²) >= 11 is 0. The molecule has 5 heteroatoms. The van der Waals surface area contributed by atoms with E-state index in [0.717, 1.165) is 22.8 Å². The Labute approximate surface area is 102 Å². The molecule has 0 aliphatic heterocycles. The van der Waals surface area contributed by atoms with Crippen molar-refractivity contribution in [3.63, 3.8) is 0 Å². The van der Waals surface area contributed by atoms with Gasteiger partial charge in [0.05, 0.1) is 12.3 Å². The van der Waals surface area contributed by atoms with Crippen LogP contribution in [0.5, 0.6) is 5.88 Å². The molecule has 0 unspecified atom stereocenters. The second-order valence-electron chi connectivity index (χ2n) is 4.18. The fraction of sp³-hybridized carbons (Fsp3) is 0.0769. The number of benzene rings is 1. The van der Waals surface area contributed by atoms with Crippen LogP contribution in [0.2, 0.25) is 0 Å². The molecule has 0 aliphatic rings. The van der Waals surface area contributed by atoms with Gasteiger partial charge >= 0.3 is 0 Å². The number of hydrogen-bond acceptors (Lipinski definition) is 3. The molecule has 3 aromatic rings. The predicted molar refractivity (Wildman–Crippen MR) is 67.7 cm³/mol. The quantitative estimate of drug-likeness (QED) is 0.681. The van der Waals surface area contributed by atoms with E-state index in [9.17, 15) is 9.90 Å². The van der Waals surface area contributed by atoms with Crippen molar-refractivity contribution in [1.82, 2.24) is 14.6 Å². The molecule has 18 heavy (non-hydrogen) atoms. The molecular weight excluding hydrogens is 230 g/mol. The van der Waals surface area contributed by atoms with Crippen LogP contribution in [0.3, 0.4) is 0 Å². The van der Waals surface area contributed by atoms with Crippen molar-refractivity contribution in [3.05, 3.63) is 52.4 Å². The number of H-pyrrole nitrogens is 1. The van der Waals surface area contributed by atoms with E-state index in [1.54, 1.807) is 6.20 Å². The maximum Gasteiger partial charge on any atom is 0.254 e. The molecule has 0 radical (unpaired) electrons. The Hall–Kier alpha value is -2.56. The number of aromatic nitrogens is 3. The maximum atomic E-state index is 11.4. The predicted octanol–water partition coefficient (Wildman–Crippen LogP) is 1.70. The van der Waals surface area contributed by atoms with Crippen molar-refractivity contribution in [1.29, 1.82) is 0 Å². The highest BCUT2D eigenvalue weighted by molar-refractivity contribution is 5.77. The first kappa shape index (κ1) is 10.6. The average Bonchev–Trinajstić information content (AvgIpc) is 2.74. The van der Waals surface area contributed by atoms with Crippen LogP contribution in [-0.2, 0) is 0 Å². The monoisotopic (exact) mass is 241 g/mol. The largest absolute Gasteiger partial charge is 0.493 e. The molecule has 2 heterocycles. The van der Waals surface area contributed by atoms with E-state index in [4.69, 9.17) is 0 Å². The third kappa shape index (κ3) is 1.57. The summed E-state index contributed by atoms with van der Waals surface area (Å²) in [7, 11) is 0. The molecule has 0 fully saturated rings. The number of hydrogen-bond donors (Lipinski definition) is 2. The molecule has 5 nitrogen and oxygen atoms in total. The van der Waals surface area contributed by atoms with Crippen LogP contribution < -0.4 is 5.56 Å². The lowest BCUT2D eigenvalue weighted by Gasteiger charge is -2.01. The first-order valence-electron chi connectivity index (χ1n) is 5.52. The van der Waals surface area contributed by atoms with E-state index >= 15 is 0 Å². The standard InChI is InChI=1S/C13H11N3O2/c1-8-2-4-9(5-3-8)10-7-14-16-12(18)6-11(17)15-13(10)16/h2-7,18H,1H3,(H,15,17). The van der Waals surface area contributed by atoms with E-state index in [-0.39, 0.29) is 11.4 Å². The average molecular weight is 241 g/mol. The topological polar surface area (TPSA) is 70.4 Å². The molecule has 0 aliphatic carbocycles. The van der Waals surface area contributed by atoms with Gasteiger partial charge in [-0.05, 0) is 12.5 Å². The van der Waals surface area contributed by atoms with Gasteiger partial charge in [0.25, 0.3) is 5.56 Å². The van der Waals surface area contributed by atoms with Crippen molar-refractivity contribution in [2.75, 3.05) is 0 Å². The Morgan fingerprint density at radius 3 is 2.72 bits per heavy atom. The molecule has 0 saturated heterocycles. The Balaban J connectivity index is 2.30. The summed E-state index contributed by atoms with van der Waals surface area (Å²) in [6, 6.07) is 8.97. The SMILES string of the molecule is Cc1ccc(-c2cnn3c(O)cc(=O)[nH]c23)cc1. The minimum absolute atomic E-state index is 0.174. The van der Waals surface area contributed by atoms with Crippen LogP contribution in [0.25, 0.3) is 16.8 Å². The van der Waals surface area contributed by atoms with E-state index in [1.807, 2.05) is 31.2 Å². The molecule has 2 N–H and O–H groups in total. The number of aryl methyl sites for hydroxylation is 1. The van der Waals surface area contributed by atoms with E-state index in [2.05, 4.69) is 10.1 Å². The summed E-state index contributed by atoms with van der Waals surface area (Å²) in [6.07, 6.45) is 1.62. The molecule has 2 aromatic heterocycles. The van der Waals surface area contributed by atoms with Crippen molar-refractivity contribution in [2.24, 2.45) is 0 Å².